The molecular formula is C35H47FN8O3. The molecule has 12 heteroatoms. The van der Waals surface area contributed by atoms with Gasteiger partial charge < -0.3 is 36.6 Å². The van der Waals surface area contributed by atoms with Crippen LogP contribution in [0.4, 0.5) is 10.2 Å². The molecule has 1 aromatic heterocycles. The zero-order valence-electron chi connectivity index (χ0n) is 27.2. The number of hydrogen-bond donors (Lipinski definition) is 4. The summed E-state index contributed by atoms with van der Waals surface area (Å²) in [5, 5.41) is 11.1. The topological polar surface area (TPSA) is 144 Å². The van der Waals surface area contributed by atoms with E-state index in [2.05, 4.69) is 20.4 Å². The lowest BCUT2D eigenvalue weighted by atomic mass is 9.94. The molecule has 0 radical (unpaired) electrons. The number of hydrogen-bond acceptors (Lipinski definition) is 8. The van der Waals surface area contributed by atoms with E-state index >= 15 is 0 Å². The van der Waals surface area contributed by atoms with Crippen LogP contribution in [0.15, 0.2) is 42.5 Å². The molecule has 3 saturated heterocycles. The number of nitrogens with two attached hydrogens (primary N) is 2. The first-order valence-corrected chi connectivity index (χ1v) is 16.9. The smallest absolute Gasteiger partial charge is 0.255 e. The lowest BCUT2D eigenvalue weighted by Crippen LogP contribution is -2.49. The number of carbonyl (C=O) groups is 2. The molecule has 6 rings (SSSR count). The second-order valence-corrected chi connectivity index (χ2v) is 13.1. The highest BCUT2D eigenvalue weighted by atomic mass is 19.1. The number of rotatable bonds is 10. The summed E-state index contributed by atoms with van der Waals surface area (Å²) in [5.74, 6) is -0.149. The van der Waals surface area contributed by atoms with E-state index in [-0.39, 0.29) is 23.7 Å². The number of methoxy groups -OCH3 is 1. The molecule has 0 bridgehead atoms. The van der Waals surface area contributed by atoms with Crippen molar-refractivity contribution in [3.05, 3.63) is 65.0 Å². The van der Waals surface area contributed by atoms with E-state index in [1.54, 1.807) is 4.68 Å². The SMILES string of the molecule is COc1ccc(F)cc1C(=O)NCc1ccc(-c2nn(C3CCN(C4CCN(CC5CCNCC5)CC4)CC3)c(N)c2C(N)=O)cc1. The van der Waals surface area contributed by atoms with Crippen LogP contribution in [0, 0.1) is 11.7 Å². The van der Waals surface area contributed by atoms with Crippen LogP contribution < -0.4 is 26.8 Å². The predicted octanol–water partition coefficient (Wildman–Crippen LogP) is 3.41. The molecule has 0 aliphatic carbocycles. The van der Waals surface area contributed by atoms with Gasteiger partial charge in [0.2, 0.25) is 0 Å². The van der Waals surface area contributed by atoms with Gasteiger partial charge in [-0.3, -0.25) is 9.59 Å². The van der Waals surface area contributed by atoms with Crippen molar-refractivity contribution in [2.75, 3.05) is 58.7 Å². The van der Waals surface area contributed by atoms with Gasteiger partial charge in [0, 0.05) is 37.8 Å². The summed E-state index contributed by atoms with van der Waals surface area (Å²) in [5.41, 5.74) is 14.7. The number of halogens is 1. The van der Waals surface area contributed by atoms with Crippen LogP contribution in [0.25, 0.3) is 11.3 Å². The number of amides is 2. The molecule has 2 amide bonds. The number of nitrogens with one attached hydrogen (secondary N) is 2. The van der Waals surface area contributed by atoms with E-state index in [0.29, 0.717) is 28.9 Å². The third kappa shape index (κ3) is 7.61. The number of nitrogen functional groups attached to an aromatic ring is 1. The quantitative estimate of drug-likeness (QED) is 0.263. The normalized spacial score (nSPS) is 19.1. The van der Waals surface area contributed by atoms with Crippen molar-refractivity contribution in [2.45, 2.75) is 57.2 Å². The highest BCUT2D eigenvalue weighted by Crippen LogP contribution is 2.34. The van der Waals surface area contributed by atoms with Crippen LogP contribution in [0.5, 0.6) is 5.75 Å². The Morgan fingerprint density at radius 3 is 2.32 bits per heavy atom. The van der Waals surface area contributed by atoms with Gasteiger partial charge in [-0.2, -0.15) is 5.10 Å². The monoisotopic (exact) mass is 646 g/mol. The summed E-state index contributed by atoms with van der Waals surface area (Å²) in [6.45, 7) is 8.09. The highest BCUT2D eigenvalue weighted by Gasteiger charge is 2.32. The average molecular weight is 647 g/mol. The Bertz CT molecular complexity index is 1540. The summed E-state index contributed by atoms with van der Waals surface area (Å²) in [4.78, 5) is 30.6. The van der Waals surface area contributed by atoms with E-state index in [1.807, 2.05) is 24.3 Å². The second-order valence-electron chi connectivity index (χ2n) is 13.1. The minimum Gasteiger partial charge on any atom is -0.496 e. The summed E-state index contributed by atoms with van der Waals surface area (Å²) in [6, 6.07) is 11.9. The van der Waals surface area contributed by atoms with Gasteiger partial charge in [-0.05, 0) is 94.4 Å². The molecule has 2 aromatic carbocycles. The van der Waals surface area contributed by atoms with Gasteiger partial charge in [-0.1, -0.05) is 24.3 Å². The van der Waals surface area contributed by atoms with E-state index in [4.69, 9.17) is 21.3 Å². The average Bonchev–Trinajstić information content (AvgIpc) is 3.45. The number of anilines is 1. The van der Waals surface area contributed by atoms with Gasteiger partial charge >= 0.3 is 0 Å². The van der Waals surface area contributed by atoms with Crippen molar-refractivity contribution < 1.29 is 18.7 Å². The zero-order chi connectivity index (χ0) is 32.9. The van der Waals surface area contributed by atoms with Crippen LogP contribution in [0.3, 0.4) is 0 Å². The molecule has 4 heterocycles. The predicted molar refractivity (Wildman–Crippen MR) is 180 cm³/mol. The summed E-state index contributed by atoms with van der Waals surface area (Å²) >= 11 is 0. The first kappa shape index (κ1) is 32.9. The molecule has 6 N–H and O–H groups in total. The first-order chi connectivity index (χ1) is 22.8. The van der Waals surface area contributed by atoms with E-state index < -0.39 is 17.6 Å². The van der Waals surface area contributed by atoms with Crippen molar-refractivity contribution >= 4 is 17.6 Å². The zero-order valence-corrected chi connectivity index (χ0v) is 27.2. The number of carbonyl (C=O) groups excluding carboxylic acids is 2. The Labute approximate surface area is 275 Å². The van der Waals surface area contributed by atoms with Gasteiger partial charge in [0.15, 0.2) is 0 Å². The molecule has 3 fully saturated rings. The van der Waals surface area contributed by atoms with Gasteiger partial charge in [-0.25, -0.2) is 9.07 Å². The maximum absolute atomic E-state index is 13.7. The molecule has 3 aromatic rings. The fourth-order valence-corrected chi connectivity index (χ4v) is 7.48. The molecule has 0 spiro atoms. The standard InChI is InChI=1S/C35H47FN8O3/c1-47-30-7-6-26(36)20-29(30)35(46)40-21-23-2-4-25(5-3-23)32-31(34(38)45)33(37)44(41-32)28-12-18-43(19-13-28)27-10-16-42(17-11-27)22-24-8-14-39-15-9-24/h2-7,20,24,27-28,39H,8-19,21-22,37H2,1H3,(H2,38,45)(H,40,46). The van der Waals surface area contributed by atoms with E-state index in [1.165, 1.54) is 64.6 Å². The molecular weight excluding hydrogens is 599 g/mol. The fourth-order valence-electron chi connectivity index (χ4n) is 7.48. The van der Waals surface area contributed by atoms with Crippen molar-refractivity contribution in [1.29, 1.82) is 0 Å². The number of likely N-dealkylation sites (tertiary alicyclic amines) is 2. The Morgan fingerprint density at radius 1 is 0.979 bits per heavy atom. The van der Waals surface area contributed by atoms with E-state index in [0.717, 1.165) is 56.6 Å². The Balaban J connectivity index is 1.05. The van der Waals surface area contributed by atoms with Crippen LogP contribution in [-0.4, -0.2) is 90.4 Å². The summed E-state index contributed by atoms with van der Waals surface area (Å²) in [7, 11) is 1.43. The second kappa shape index (κ2) is 14.8. The molecule has 0 saturated carbocycles. The van der Waals surface area contributed by atoms with E-state index in [9.17, 15) is 14.0 Å². The molecule has 47 heavy (non-hydrogen) atoms. The summed E-state index contributed by atoms with van der Waals surface area (Å²) < 4.78 is 20.7. The van der Waals surface area contributed by atoms with Gasteiger partial charge in [0.05, 0.1) is 18.7 Å². The Morgan fingerprint density at radius 2 is 1.66 bits per heavy atom. The third-order valence-corrected chi connectivity index (χ3v) is 10.2. The van der Waals surface area contributed by atoms with Crippen molar-refractivity contribution in [2.24, 2.45) is 11.7 Å². The van der Waals surface area contributed by atoms with Crippen LogP contribution >= 0.6 is 0 Å². The lowest BCUT2D eigenvalue weighted by molar-refractivity contribution is 0.0700. The first-order valence-electron chi connectivity index (χ1n) is 16.9. The van der Waals surface area contributed by atoms with Crippen molar-refractivity contribution in [1.82, 2.24) is 30.2 Å². The largest absolute Gasteiger partial charge is 0.496 e. The Kier molecular flexibility index (Phi) is 10.4. The highest BCUT2D eigenvalue weighted by molar-refractivity contribution is 6.03. The van der Waals surface area contributed by atoms with Gasteiger partial charge in [0.1, 0.15) is 28.6 Å². The number of benzene rings is 2. The third-order valence-electron chi connectivity index (χ3n) is 10.2. The lowest BCUT2D eigenvalue weighted by Gasteiger charge is -2.42. The van der Waals surface area contributed by atoms with Crippen molar-refractivity contribution in [3.8, 4) is 17.0 Å². The minimum atomic E-state index is -0.613. The molecule has 252 valence electrons. The molecule has 0 unspecified atom stereocenters. The van der Waals surface area contributed by atoms with Crippen LogP contribution in [-0.2, 0) is 6.54 Å². The van der Waals surface area contributed by atoms with Crippen LogP contribution in [0.2, 0.25) is 0 Å². The molecule has 0 atom stereocenters. The number of nitrogens with zero attached hydrogens (tertiary/aromatic N) is 4. The van der Waals surface area contributed by atoms with Gasteiger partial charge in [0.25, 0.3) is 11.8 Å². The summed E-state index contributed by atoms with van der Waals surface area (Å²) in [6.07, 6.45) is 6.84. The molecule has 11 nitrogen and oxygen atoms in total. The maximum Gasteiger partial charge on any atom is 0.255 e. The number of primary amides is 1. The number of ether oxygens (including phenoxy) is 1. The van der Waals surface area contributed by atoms with Crippen LogP contribution in [0.1, 0.15) is 70.8 Å². The minimum absolute atomic E-state index is 0.0902. The van der Waals surface area contributed by atoms with Gasteiger partial charge in [-0.15, -0.1) is 0 Å². The number of aromatic nitrogens is 2. The molecule has 3 aliphatic heterocycles. The Hall–Kier alpha value is -4.00. The number of piperidine rings is 3. The maximum atomic E-state index is 13.7. The fraction of sp³-hybridized carbons (Fsp3) is 0.514. The molecule has 3 aliphatic rings. The van der Waals surface area contributed by atoms with Crippen molar-refractivity contribution in [3.63, 3.8) is 0 Å².